The standard InChI is InChI=1S/C8H18O5Si.C2H6O/c1-8(9)13-6-5-7-14(10-2,11-3)12-4;1-2-3/h5-7H2,1-4H3;3H,2H2,1H3. The van der Waals surface area contributed by atoms with Crippen LogP contribution in [0.4, 0.5) is 0 Å². The Morgan fingerprint density at radius 1 is 1.18 bits per heavy atom. The van der Waals surface area contributed by atoms with E-state index in [1.54, 1.807) is 28.3 Å². The van der Waals surface area contributed by atoms with Crippen LogP contribution in [-0.4, -0.2) is 54.4 Å². The molecule has 17 heavy (non-hydrogen) atoms. The maximum absolute atomic E-state index is 10.5. The van der Waals surface area contributed by atoms with Gasteiger partial charge in [0.25, 0.3) is 0 Å². The van der Waals surface area contributed by atoms with Crippen LogP contribution in [0.15, 0.2) is 0 Å². The van der Waals surface area contributed by atoms with Gasteiger partial charge in [0.2, 0.25) is 0 Å². The number of hydrogen-bond donors (Lipinski definition) is 1. The van der Waals surface area contributed by atoms with Crippen LogP contribution in [0.1, 0.15) is 20.3 Å². The molecule has 7 heteroatoms. The van der Waals surface area contributed by atoms with Crippen LogP contribution >= 0.6 is 0 Å². The fourth-order valence-corrected chi connectivity index (χ4v) is 2.75. The number of ether oxygens (including phenoxy) is 1. The quantitative estimate of drug-likeness (QED) is 0.418. The fourth-order valence-electron chi connectivity index (χ4n) is 1.06. The van der Waals surface area contributed by atoms with Crippen molar-refractivity contribution in [2.24, 2.45) is 0 Å². The van der Waals surface area contributed by atoms with Crippen molar-refractivity contribution in [1.82, 2.24) is 0 Å². The lowest BCUT2D eigenvalue weighted by Gasteiger charge is -2.23. The van der Waals surface area contributed by atoms with Gasteiger partial charge in [-0.25, -0.2) is 0 Å². The second-order valence-corrected chi connectivity index (χ2v) is 6.15. The van der Waals surface area contributed by atoms with E-state index in [9.17, 15) is 4.79 Å². The number of rotatable bonds is 7. The predicted octanol–water partition coefficient (Wildman–Crippen LogP) is 0.816. The summed E-state index contributed by atoms with van der Waals surface area (Å²) in [7, 11) is 2.20. The molecule has 0 spiro atoms. The minimum Gasteiger partial charge on any atom is -0.466 e. The molecule has 1 N–H and O–H groups in total. The lowest BCUT2D eigenvalue weighted by atomic mass is 10.5. The average molecular weight is 268 g/mol. The summed E-state index contributed by atoms with van der Waals surface area (Å²) < 4.78 is 20.4. The summed E-state index contributed by atoms with van der Waals surface area (Å²) in [5.74, 6) is -0.274. The summed E-state index contributed by atoms with van der Waals surface area (Å²) in [5.41, 5.74) is 0. The molecule has 0 aliphatic carbocycles. The Morgan fingerprint density at radius 2 is 1.59 bits per heavy atom. The van der Waals surface area contributed by atoms with Crippen LogP contribution in [0.25, 0.3) is 0 Å². The molecule has 0 bridgehead atoms. The average Bonchev–Trinajstić information content (AvgIpc) is 2.31. The van der Waals surface area contributed by atoms with Gasteiger partial charge in [0, 0.05) is 40.9 Å². The van der Waals surface area contributed by atoms with Gasteiger partial charge in [-0.1, -0.05) is 0 Å². The molecule has 0 fully saturated rings. The van der Waals surface area contributed by atoms with Crippen LogP contribution < -0.4 is 0 Å². The molecular weight excluding hydrogens is 244 g/mol. The molecule has 0 saturated carbocycles. The van der Waals surface area contributed by atoms with Gasteiger partial charge in [0.1, 0.15) is 0 Å². The highest BCUT2D eigenvalue weighted by molar-refractivity contribution is 6.60. The van der Waals surface area contributed by atoms with E-state index in [2.05, 4.69) is 0 Å². The second-order valence-electron chi connectivity index (χ2n) is 3.06. The van der Waals surface area contributed by atoms with E-state index in [1.807, 2.05) is 0 Å². The third-order valence-electron chi connectivity index (χ3n) is 1.87. The number of aliphatic hydroxyl groups excluding tert-OH is 1. The molecule has 0 amide bonds. The topological polar surface area (TPSA) is 74.2 Å². The summed E-state index contributed by atoms with van der Waals surface area (Å²) in [6.07, 6.45) is 0.682. The third kappa shape index (κ3) is 10.4. The van der Waals surface area contributed by atoms with Gasteiger partial charge >= 0.3 is 14.8 Å². The van der Waals surface area contributed by atoms with E-state index in [4.69, 9.17) is 23.1 Å². The Kier molecular flexibility index (Phi) is 13.3. The molecule has 6 nitrogen and oxygen atoms in total. The van der Waals surface area contributed by atoms with Crippen LogP contribution in [0, 0.1) is 0 Å². The molecule has 0 unspecified atom stereocenters. The minimum atomic E-state index is -2.48. The number of carbonyl (C=O) groups is 1. The molecule has 0 aliphatic heterocycles. The summed E-state index contributed by atoms with van der Waals surface area (Å²) in [6, 6.07) is 0.643. The highest BCUT2D eigenvalue weighted by Crippen LogP contribution is 2.14. The van der Waals surface area contributed by atoms with Crippen LogP contribution in [0.2, 0.25) is 6.04 Å². The first-order chi connectivity index (χ1) is 8.01. The summed E-state index contributed by atoms with van der Waals surface area (Å²) in [6.45, 7) is 3.69. The molecule has 0 aromatic rings. The Morgan fingerprint density at radius 3 is 1.88 bits per heavy atom. The largest absolute Gasteiger partial charge is 0.500 e. The van der Waals surface area contributed by atoms with Crippen molar-refractivity contribution < 1.29 is 27.9 Å². The van der Waals surface area contributed by atoms with Crippen molar-refractivity contribution >= 4 is 14.8 Å². The van der Waals surface area contributed by atoms with Crippen molar-refractivity contribution in [2.75, 3.05) is 34.5 Å². The Hall–Kier alpha value is -0.473. The smallest absolute Gasteiger partial charge is 0.466 e. The Labute approximate surface area is 104 Å². The SMILES string of the molecule is CCO.CO[Si](CCCOC(C)=O)(OC)OC. The number of aliphatic hydroxyl groups is 1. The number of carbonyl (C=O) groups excluding carboxylic acids is 1. The van der Waals surface area contributed by atoms with E-state index in [0.717, 1.165) is 0 Å². The fraction of sp³-hybridized carbons (Fsp3) is 0.900. The van der Waals surface area contributed by atoms with Gasteiger partial charge in [0.15, 0.2) is 0 Å². The summed E-state index contributed by atoms with van der Waals surface area (Å²) >= 11 is 0. The highest BCUT2D eigenvalue weighted by atomic mass is 28.4. The van der Waals surface area contributed by atoms with Gasteiger partial charge in [-0.2, -0.15) is 0 Å². The van der Waals surface area contributed by atoms with Crippen LogP contribution in [0.3, 0.4) is 0 Å². The Bertz CT molecular complexity index is 175. The zero-order chi connectivity index (χ0) is 13.7. The van der Waals surface area contributed by atoms with Crippen LogP contribution in [-0.2, 0) is 22.8 Å². The van der Waals surface area contributed by atoms with E-state index >= 15 is 0 Å². The number of esters is 1. The first-order valence-electron chi connectivity index (χ1n) is 5.41. The minimum absolute atomic E-state index is 0.250. The van der Waals surface area contributed by atoms with E-state index in [0.29, 0.717) is 19.1 Å². The van der Waals surface area contributed by atoms with Crippen molar-refractivity contribution in [3.8, 4) is 0 Å². The maximum Gasteiger partial charge on any atom is 0.500 e. The molecule has 0 saturated heterocycles. The van der Waals surface area contributed by atoms with E-state index < -0.39 is 8.80 Å². The zero-order valence-corrected chi connectivity index (χ0v) is 12.3. The first-order valence-corrected chi connectivity index (χ1v) is 7.34. The normalized spacial score (nSPS) is 10.5. The zero-order valence-electron chi connectivity index (χ0n) is 11.3. The molecular formula is C10H24O6Si. The molecule has 0 aromatic carbocycles. The lowest BCUT2D eigenvalue weighted by Crippen LogP contribution is -2.42. The van der Waals surface area contributed by atoms with E-state index in [1.165, 1.54) is 6.92 Å². The molecule has 0 heterocycles. The first kappa shape index (κ1) is 18.9. The number of hydrogen-bond acceptors (Lipinski definition) is 6. The third-order valence-corrected chi connectivity index (χ3v) is 4.70. The maximum atomic E-state index is 10.5. The summed E-state index contributed by atoms with van der Waals surface area (Å²) in [4.78, 5) is 10.5. The lowest BCUT2D eigenvalue weighted by molar-refractivity contribution is -0.141. The molecule has 0 atom stereocenters. The van der Waals surface area contributed by atoms with Crippen molar-refractivity contribution in [1.29, 1.82) is 0 Å². The van der Waals surface area contributed by atoms with E-state index in [-0.39, 0.29) is 12.6 Å². The molecule has 0 rings (SSSR count). The van der Waals surface area contributed by atoms with Gasteiger partial charge in [-0.05, 0) is 13.3 Å². The van der Waals surface area contributed by atoms with Crippen molar-refractivity contribution in [2.45, 2.75) is 26.3 Å². The van der Waals surface area contributed by atoms with Crippen molar-refractivity contribution in [3.63, 3.8) is 0 Å². The molecule has 104 valence electrons. The van der Waals surface area contributed by atoms with Gasteiger partial charge in [-0.15, -0.1) is 0 Å². The monoisotopic (exact) mass is 268 g/mol. The predicted molar refractivity (Wildman–Crippen MR) is 65.6 cm³/mol. The van der Waals surface area contributed by atoms with Gasteiger partial charge in [-0.3, -0.25) is 4.79 Å². The van der Waals surface area contributed by atoms with Crippen molar-refractivity contribution in [3.05, 3.63) is 0 Å². The van der Waals surface area contributed by atoms with Gasteiger partial charge < -0.3 is 23.1 Å². The highest BCUT2D eigenvalue weighted by Gasteiger charge is 2.36. The Balaban J connectivity index is 0. The molecule has 0 aliphatic rings. The van der Waals surface area contributed by atoms with Crippen LogP contribution in [0.5, 0.6) is 0 Å². The molecule has 0 aromatic heterocycles. The summed E-state index contributed by atoms with van der Waals surface area (Å²) in [5, 5.41) is 7.57. The van der Waals surface area contributed by atoms with Gasteiger partial charge in [0.05, 0.1) is 6.61 Å². The second kappa shape index (κ2) is 12.0. The molecule has 0 radical (unpaired) electrons.